The lowest BCUT2D eigenvalue weighted by Crippen LogP contribution is -2.35. The lowest BCUT2D eigenvalue weighted by molar-refractivity contribution is -0.117. The Hall–Kier alpha value is -0.770. The van der Waals surface area contributed by atoms with Crippen LogP contribution in [0.4, 0.5) is 5.69 Å². The summed E-state index contributed by atoms with van der Waals surface area (Å²) in [6.07, 6.45) is 1.58. The van der Waals surface area contributed by atoms with Gasteiger partial charge in [0.05, 0.1) is 6.04 Å². The van der Waals surface area contributed by atoms with E-state index in [2.05, 4.69) is 5.32 Å². The molecule has 5 heteroatoms. The molecule has 1 atom stereocenters. The molecule has 0 bridgehead atoms. The third-order valence-electron chi connectivity index (χ3n) is 2.39. The maximum atomic E-state index is 11.7. The molecule has 0 fully saturated rings. The van der Waals surface area contributed by atoms with E-state index in [4.69, 9.17) is 17.3 Å². The molecule has 1 rings (SSSR count). The van der Waals surface area contributed by atoms with Gasteiger partial charge in [0.2, 0.25) is 5.91 Å². The Labute approximate surface area is 113 Å². The topological polar surface area (TPSA) is 55.1 Å². The van der Waals surface area contributed by atoms with Gasteiger partial charge >= 0.3 is 0 Å². The van der Waals surface area contributed by atoms with Gasteiger partial charge in [0.25, 0.3) is 0 Å². The number of carbonyl (C=O) groups excluding carboxylic acids is 1. The number of amides is 1. The van der Waals surface area contributed by atoms with Crippen molar-refractivity contribution in [2.75, 3.05) is 5.32 Å². The van der Waals surface area contributed by atoms with E-state index in [1.807, 2.05) is 19.9 Å². The first-order chi connectivity index (χ1) is 7.54. The first kappa shape index (κ1) is 16.2. The molecule has 0 saturated heterocycles. The van der Waals surface area contributed by atoms with Gasteiger partial charge in [0.15, 0.2) is 0 Å². The molecule has 1 aromatic carbocycles. The number of hydrogen-bond donors (Lipinski definition) is 2. The predicted molar refractivity (Wildman–Crippen MR) is 75.0 cm³/mol. The van der Waals surface area contributed by atoms with Crippen molar-refractivity contribution in [1.29, 1.82) is 0 Å². The van der Waals surface area contributed by atoms with Crippen molar-refractivity contribution in [3.05, 3.63) is 28.8 Å². The zero-order chi connectivity index (χ0) is 12.1. The van der Waals surface area contributed by atoms with E-state index in [1.54, 1.807) is 12.1 Å². The molecule has 0 spiro atoms. The van der Waals surface area contributed by atoms with Crippen molar-refractivity contribution in [3.8, 4) is 0 Å². The van der Waals surface area contributed by atoms with Crippen LogP contribution in [0.25, 0.3) is 0 Å². The number of nitrogens with one attached hydrogen (secondary N) is 1. The molecule has 1 amide bonds. The Morgan fingerprint density at radius 3 is 2.76 bits per heavy atom. The average Bonchev–Trinajstić information content (AvgIpc) is 2.23. The Morgan fingerprint density at radius 1 is 1.53 bits per heavy atom. The standard InChI is InChI=1S/C12H17ClN2O.ClH/c1-3-4-10(14)12(16)15-11-7-9(13)6-5-8(11)2;/h5-7,10H,3-4,14H2,1-2H3,(H,15,16);1H. The first-order valence-electron chi connectivity index (χ1n) is 5.37. The van der Waals surface area contributed by atoms with E-state index in [1.165, 1.54) is 0 Å². The SMILES string of the molecule is CCCC(N)C(=O)Nc1cc(Cl)ccc1C.Cl. The number of carbonyl (C=O) groups is 1. The van der Waals surface area contributed by atoms with Crippen LogP contribution in [0.3, 0.4) is 0 Å². The molecule has 1 aromatic rings. The van der Waals surface area contributed by atoms with Crippen LogP contribution in [0.2, 0.25) is 5.02 Å². The van der Waals surface area contributed by atoms with Gasteiger partial charge in [0.1, 0.15) is 0 Å². The van der Waals surface area contributed by atoms with Crippen molar-refractivity contribution >= 4 is 35.6 Å². The molecule has 3 nitrogen and oxygen atoms in total. The highest BCUT2D eigenvalue weighted by molar-refractivity contribution is 6.31. The second-order valence-electron chi connectivity index (χ2n) is 3.84. The fourth-order valence-corrected chi connectivity index (χ4v) is 1.57. The average molecular weight is 277 g/mol. The number of aryl methyl sites for hydroxylation is 1. The highest BCUT2D eigenvalue weighted by Gasteiger charge is 2.13. The van der Waals surface area contributed by atoms with Gasteiger partial charge in [-0.1, -0.05) is 31.0 Å². The molecule has 17 heavy (non-hydrogen) atoms. The minimum Gasteiger partial charge on any atom is -0.324 e. The van der Waals surface area contributed by atoms with Crippen LogP contribution in [0, 0.1) is 6.92 Å². The summed E-state index contributed by atoms with van der Waals surface area (Å²) in [7, 11) is 0. The van der Waals surface area contributed by atoms with Crippen molar-refractivity contribution in [1.82, 2.24) is 0 Å². The summed E-state index contributed by atoms with van der Waals surface area (Å²) in [5.41, 5.74) is 7.42. The summed E-state index contributed by atoms with van der Waals surface area (Å²) in [4.78, 5) is 11.7. The van der Waals surface area contributed by atoms with Gasteiger partial charge in [-0.25, -0.2) is 0 Å². The summed E-state index contributed by atoms with van der Waals surface area (Å²) in [6, 6.07) is 4.93. The number of benzene rings is 1. The third-order valence-corrected chi connectivity index (χ3v) is 2.63. The van der Waals surface area contributed by atoms with Crippen molar-refractivity contribution in [3.63, 3.8) is 0 Å². The van der Waals surface area contributed by atoms with Gasteiger partial charge < -0.3 is 11.1 Å². The molecule has 0 aromatic heterocycles. The Bertz CT molecular complexity index is 383. The number of rotatable bonds is 4. The van der Waals surface area contributed by atoms with Gasteiger partial charge in [-0.15, -0.1) is 12.4 Å². The second kappa shape index (κ2) is 7.54. The molecular weight excluding hydrogens is 259 g/mol. The molecule has 0 heterocycles. The summed E-state index contributed by atoms with van der Waals surface area (Å²) in [6.45, 7) is 3.91. The molecule has 0 aliphatic carbocycles. The number of hydrogen-bond acceptors (Lipinski definition) is 2. The fourth-order valence-electron chi connectivity index (χ4n) is 1.40. The predicted octanol–water partition coefficient (Wildman–Crippen LogP) is 3.14. The van der Waals surface area contributed by atoms with Gasteiger partial charge in [-0.3, -0.25) is 4.79 Å². The molecule has 0 saturated carbocycles. The van der Waals surface area contributed by atoms with Gasteiger partial charge in [0, 0.05) is 10.7 Å². The van der Waals surface area contributed by atoms with Crippen LogP contribution in [-0.4, -0.2) is 11.9 Å². The Balaban J connectivity index is 0.00000256. The monoisotopic (exact) mass is 276 g/mol. The maximum Gasteiger partial charge on any atom is 0.241 e. The van der Waals surface area contributed by atoms with Crippen molar-refractivity contribution in [2.24, 2.45) is 5.73 Å². The largest absolute Gasteiger partial charge is 0.324 e. The highest BCUT2D eigenvalue weighted by atomic mass is 35.5. The van der Waals surface area contributed by atoms with E-state index in [0.717, 1.165) is 17.7 Å². The van der Waals surface area contributed by atoms with Crippen LogP contribution in [-0.2, 0) is 4.79 Å². The van der Waals surface area contributed by atoms with E-state index in [0.29, 0.717) is 11.4 Å². The Kier molecular flexibility index (Phi) is 7.19. The zero-order valence-electron chi connectivity index (χ0n) is 10.00. The smallest absolute Gasteiger partial charge is 0.241 e. The fraction of sp³-hybridized carbons (Fsp3) is 0.417. The lowest BCUT2D eigenvalue weighted by atomic mass is 10.1. The normalized spacial score (nSPS) is 11.5. The summed E-state index contributed by atoms with van der Waals surface area (Å²) >= 11 is 5.86. The minimum atomic E-state index is -0.455. The highest BCUT2D eigenvalue weighted by Crippen LogP contribution is 2.20. The van der Waals surface area contributed by atoms with E-state index in [9.17, 15) is 4.79 Å². The van der Waals surface area contributed by atoms with Crippen LogP contribution in [0.1, 0.15) is 25.3 Å². The maximum absolute atomic E-state index is 11.7. The molecule has 0 radical (unpaired) electrons. The zero-order valence-corrected chi connectivity index (χ0v) is 11.6. The molecule has 96 valence electrons. The Morgan fingerprint density at radius 2 is 2.18 bits per heavy atom. The minimum absolute atomic E-state index is 0. The number of anilines is 1. The van der Waals surface area contributed by atoms with Crippen LogP contribution in [0.15, 0.2) is 18.2 Å². The van der Waals surface area contributed by atoms with Crippen molar-refractivity contribution in [2.45, 2.75) is 32.7 Å². The number of halogens is 2. The first-order valence-corrected chi connectivity index (χ1v) is 5.75. The quantitative estimate of drug-likeness (QED) is 0.888. The molecular formula is C12H18Cl2N2O. The van der Waals surface area contributed by atoms with Crippen molar-refractivity contribution < 1.29 is 4.79 Å². The third kappa shape index (κ3) is 4.94. The molecule has 3 N–H and O–H groups in total. The molecule has 0 aliphatic heterocycles. The van der Waals surface area contributed by atoms with Crippen LogP contribution < -0.4 is 11.1 Å². The lowest BCUT2D eigenvalue weighted by Gasteiger charge is -2.13. The van der Waals surface area contributed by atoms with E-state index >= 15 is 0 Å². The molecule has 0 aliphatic rings. The van der Waals surface area contributed by atoms with E-state index in [-0.39, 0.29) is 18.3 Å². The summed E-state index contributed by atoms with van der Waals surface area (Å²) in [5.74, 6) is -0.160. The summed E-state index contributed by atoms with van der Waals surface area (Å²) < 4.78 is 0. The number of nitrogens with two attached hydrogens (primary N) is 1. The van der Waals surface area contributed by atoms with E-state index < -0.39 is 6.04 Å². The van der Waals surface area contributed by atoms with Crippen LogP contribution in [0.5, 0.6) is 0 Å². The van der Waals surface area contributed by atoms with Gasteiger partial charge in [-0.05, 0) is 31.0 Å². The summed E-state index contributed by atoms with van der Waals surface area (Å²) in [5, 5.41) is 3.39. The molecule has 1 unspecified atom stereocenters. The van der Waals surface area contributed by atoms with Crippen LogP contribution >= 0.6 is 24.0 Å². The second-order valence-corrected chi connectivity index (χ2v) is 4.28. The van der Waals surface area contributed by atoms with Gasteiger partial charge in [-0.2, -0.15) is 0 Å².